The van der Waals surface area contributed by atoms with Crippen LogP contribution in [-0.2, 0) is 4.79 Å². The molecule has 0 unspecified atom stereocenters. The fraction of sp³-hybridized carbons (Fsp3) is 0.167. The first-order chi connectivity index (χ1) is 10.0. The van der Waals surface area contributed by atoms with E-state index in [1.165, 1.54) is 6.08 Å². The first-order valence-electron chi connectivity index (χ1n) is 6.68. The first-order valence-corrected chi connectivity index (χ1v) is 6.68. The molecule has 3 heteroatoms. The molecule has 0 amide bonds. The minimum absolute atomic E-state index is 0.683. The van der Waals surface area contributed by atoms with Crippen molar-refractivity contribution in [2.45, 2.75) is 13.8 Å². The van der Waals surface area contributed by atoms with Crippen LogP contribution < -0.4 is 4.74 Å². The van der Waals surface area contributed by atoms with Gasteiger partial charge < -0.3 is 9.84 Å². The van der Waals surface area contributed by atoms with Gasteiger partial charge in [-0.2, -0.15) is 0 Å². The Morgan fingerprint density at radius 3 is 2.57 bits per heavy atom. The Bertz CT molecular complexity index is 699. The van der Waals surface area contributed by atoms with E-state index in [-0.39, 0.29) is 0 Å². The van der Waals surface area contributed by atoms with E-state index in [0.717, 1.165) is 22.3 Å². The molecule has 0 radical (unpaired) electrons. The molecular formula is C18H18O3. The Kier molecular flexibility index (Phi) is 4.43. The molecule has 0 saturated heterocycles. The third kappa shape index (κ3) is 3.51. The minimum atomic E-state index is -0.964. The van der Waals surface area contributed by atoms with Crippen molar-refractivity contribution in [1.29, 1.82) is 0 Å². The first kappa shape index (κ1) is 14.9. The molecule has 0 aliphatic rings. The number of rotatable bonds is 4. The van der Waals surface area contributed by atoms with Crippen molar-refractivity contribution in [2.75, 3.05) is 7.11 Å². The smallest absolute Gasteiger partial charge is 0.328 e. The van der Waals surface area contributed by atoms with E-state index in [4.69, 9.17) is 4.74 Å². The summed E-state index contributed by atoms with van der Waals surface area (Å²) < 4.78 is 5.23. The average Bonchev–Trinajstić information content (AvgIpc) is 2.47. The van der Waals surface area contributed by atoms with Gasteiger partial charge in [-0.15, -0.1) is 0 Å². The van der Waals surface area contributed by atoms with Crippen LogP contribution in [0.2, 0.25) is 0 Å². The topological polar surface area (TPSA) is 46.5 Å². The Labute approximate surface area is 124 Å². The number of hydrogen-bond acceptors (Lipinski definition) is 2. The monoisotopic (exact) mass is 282 g/mol. The number of benzene rings is 2. The van der Waals surface area contributed by atoms with Crippen molar-refractivity contribution in [1.82, 2.24) is 0 Å². The molecule has 1 N–H and O–H groups in total. The molecule has 0 bridgehead atoms. The normalized spacial score (nSPS) is 11.3. The standard InChI is InChI=1S/C18H18O3/c1-12-7-8-13(2)16(9-12)17(11-18(19)20)14-5-4-6-15(10-14)21-3/h4-11H,1-3H3,(H,19,20)/b17-11+. The van der Waals surface area contributed by atoms with Crippen LogP contribution in [0.25, 0.3) is 5.57 Å². The fourth-order valence-electron chi connectivity index (χ4n) is 2.26. The number of carboxylic acid groups (broad SMARTS) is 1. The number of aryl methyl sites for hydroxylation is 2. The van der Waals surface area contributed by atoms with Gasteiger partial charge in [-0.1, -0.05) is 35.9 Å². The van der Waals surface area contributed by atoms with Gasteiger partial charge in [0.15, 0.2) is 0 Å². The molecule has 0 atom stereocenters. The van der Waals surface area contributed by atoms with Crippen molar-refractivity contribution in [3.05, 3.63) is 70.8 Å². The predicted octanol–water partition coefficient (Wildman–Crippen LogP) is 3.83. The van der Waals surface area contributed by atoms with Crippen molar-refractivity contribution in [3.8, 4) is 5.75 Å². The minimum Gasteiger partial charge on any atom is -0.497 e. The summed E-state index contributed by atoms with van der Waals surface area (Å²) in [6.45, 7) is 3.97. The predicted molar refractivity (Wildman–Crippen MR) is 83.6 cm³/mol. The van der Waals surface area contributed by atoms with Crippen LogP contribution in [0, 0.1) is 13.8 Å². The van der Waals surface area contributed by atoms with Gasteiger partial charge in [0, 0.05) is 6.08 Å². The van der Waals surface area contributed by atoms with E-state index in [1.54, 1.807) is 7.11 Å². The Hall–Kier alpha value is -2.55. The Morgan fingerprint density at radius 1 is 1.14 bits per heavy atom. The maximum Gasteiger partial charge on any atom is 0.328 e. The summed E-state index contributed by atoms with van der Waals surface area (Å²) in [6, 6.07) is 13.4. The number of carboxylic acids is 1. The molecule has 0 saturated carbocycles. The van der Waals surface area contributed by atoms with Crippen LogP contribution >= 0.6 is 0 Å². The molecule has 2 aromatic rings. The van der Waals surface area contributed by atoms with Crippen LogP contribution in [0.4, 0.5) is 0 Å². The molecule has 0 fully saturated rings. The van der Waals surface area contributed by atoms with Crippen LogP contribution in [0.5, 0.6) is 5.75 Å². The molecule has 108 valence electrons. The van der Waals surface area contributed by atoms with Gasteiger partial charge in [-0.25, -0.2) is 4.79 Å². The lowest BCUT2D eigenvalue weighted by Crippen LogP contribution is -1.98. The summed E-state index contributed by atoms with van der Waals surface area (Å²) in [7, 11) is 1.59. The van der Waals surface area contributed by atoms with Crippen LogP contribution in [0.15, 0.2) is 48.5 Å². The lowest BCUT2D eigenvalue weighted by molar-refractivity contribution is -0.131. The number of methoxy groups -OCH3 is 1. The van der Waals surface area contributed by atoms with Gasteiger partial charge >= 0.3 is 5.97 Å². The van der Waals surface area contributed by atoms with E-state index in [9.17, 15) is 9.90 Å². The van der Waals surface area contributed by atoms with Gasteiger partial charge in [-0.3, -0.25) is 0 Å². The largest absolute Gasteiger partial charge is 0.497 e. The number of carbonyl (C=O) groups is 1. The molecule has 21 heavy (non-hydrogen) atoms. The highest BCUT2D eigenvalue weighted by Crippen LogP contribution is 2.29. The highest BCUT2D eigenvalue weighted by atomic mass is 16.5. The maximum absolute atomic E-state index is 11.2. The van der Waals surface area contributed by atoms with Gasteiger partial charge in [-0.05, 0) is 48.2 Å². The Morgan fingerprint density at radius 2 is 1.90 bits per heavy atom. The van der Waals surface area contributed by atoms with Crippen molar-refractivity contribution in [3.63, 3.8) is 0 Å². The molecule has 2 rings (SSSR count). The summed E-state index contributed by atoms with van der Waals surface area (Å²) >= 11 is 0. The molecule has 2 aromatic carbocycles. The van der Waals surface area contributed by atoms with Crippen LogP contribution in [0.1, 0.15) is 22.3 Å². The lowest BCUT2D eigenvalue weighted by Gasteiger charge is -2.13. The van der Waals surface area contributed by atoms with E-state index in [1.807, 2.05) is 56.3 Å². The summed E-state index contributed by atoms with van der Waals surface area (Å²) in [5, 5.41) is 9.19. The molecule has 0 spiro atoms. The van der Waals surface area contributed by atoms with Crippen molar-refractivity contribution in [2.24, 2.45) is 0 Å². The average molecular weight is 282 g/mol. The van der Waals surface area contributed by atoms with E-state index in [0.29, 0.717) is 11.3 Å². The zero-order valence-electron chi connectivity index (χ0n) is 12.4. The fourth-order valence-corrected chi connectivity index (χ4v) is 2.26. The van der Waals surface area contributed by atoms with E-state index < -0.39 is 5.97 Å². The quantitative estimate of drug-likeness (QED) is 0.867. The Balaban J connectivity index is 2.64. The van der Waals surface area contributed by atoms with Gasteiger partial charge in [0.25, 0.3) is 0 Å². The molecule has 3 nitrogen and oxygen atoms in total. The highest BCUT2D eigenvalue weighted by molar-refractivity contribution is 5.96. The SMILES string of the molecule is COc1cccc(/C(=C\C(=O)O)c2cc(C)ccc2C)c1. The lowest BCUT2D eigenvalue weighted by atomic mass is 9.92. The molecule has 0 aliphatic heterocycles. The van der Waals surface area contributed by atoms with Crippen molar-refractivity contribution < 1.29 is 14.6 Å². The van der Waals surface area contributed by atoms with Crippen LogP contribution in [0.3, 0.4) is 0 Å². The number of ether oxygens (including phenoxy) is 1. The van der Waals surface area contributed by atoms with E-state index in [2.05, 4.69) is 0 Å². The van der Waals surface area contributed by atoms with Gasteiger partial charge in [0.05, 0.1) is 7.11 Å². The second-order valence-electron chi connectivity index (χ2n) is 4.95. The summed E-state index contributed by atoms with van der Waals surface area (Å²) in [5.41, 5.74) is 4.56. The van der Waals surface area contributed by atoms with Crippen LogP contribution in [-0.4, -0.2) is 18.2 Å². The molecular weight excluding hydrogens is 264 g/mol. The van der Waals surface area contributed by atoms with Gasteiger partial charge in [0.1, 0.15) is 5.75 Å². The zero-order valence-corrected chi connectivity index (χ0v) is 12.4. The maximum atomic E-state index is 11.2. The summed E-state index contributed by atoms with van der Waals surface area (Å²) in [4.78, 5) is 11.2. The third-order valence-corrected chi connectivity index (χ3v) is 3.33. The van der Waals surface area contributed by atoms with E-state index >= 15 is 0 Å². The third-order valence-electron chi connectivity index (χ3n) is 3.33. The second-order valence-corrected chi connectivity index (χ2v) is 4.95. The number of hydrogen-bond donors (Lipinski definition) is 1. The molecule has 0 heterocycles. The van der Waals surface area contributed by atoms with Crippen molar-refractivity contribution >= 4 is 11.5 Å². The highest BCUT2D eigenvalue weighted by Gasteiger charge is 2.11. The molecule has 0 aromatic heterocycles. The second kappa shape index (κ2) is 6.27. The number of aliphatic carboxylic acids is 1. The zero-order chi connectivity index (χ0) is 15.4. The summed E-state index contributed by atoms with van der Waals surface area (Å²) in [6.07, 6.45) is 1.25. The molecule has 0 aliphatic carbocycles. The van der Waals surface area contributed by atoms with Gasteiger partial charge in [0.2, 0.25) is 0 Å². The summed E-state index contributed by atoms with van der Waals surface area (Å²) in [5.74, 6) is -0.261.